The molecule has 3 rings (SSSR count). The molecule has 0 aliphatic carbocycles. The van der Waals surface area contributed by atoms with Crippen molar-refractivity contribution in [2.45, 2.75) is 19.4 Å². The Labute approximate surface area is 127 Å². The summed E-state index contributed by atoms with van der Waals surface area (Å²) in [6.07, 6.45) is 0.561. The van der Waals surface area contributed by atoms with Crippen molar-refractivity contribution in [2.24, 2.45) is 10.9 Å². The van der Waals surface area contributed by atoms with Gasteiger partial charge in [0.05, 0.1) is 11.6 Å². The molecule has 0 spiro atoms. The average molecular weight is 306 g/mol. The molecule has 2 unspecified atom stereocenters. The van der Waals surface area contributed by atoms with Crippen molar-refractivity contribution in [2.75, 3.05) is 0 Å². The third kappa shape index (κ3) is 2.70. The van der Waals surface area contributed by atoms with Crippen molar-refractivity contribution in [3.8, 4) is 0 Å². The molecule has 0 fully saturated rings. The van der Waals surface area contributed by atoms with Gasteiger partial charge in [0.15, 0.2) is 0 Å². The van der Waals surface area contributed by atoms with Gasteiger partial charge in [-0.05, 0) is 42.2 Å². The fourth-order valence-corrected chi connectivity index (χ4v) is 2.89. The molecular formula is C17H14ClF2N. The highest BCUT2D eigenvalue weighted by atomic mass is 35.5. The monoisotopic (exact) mass is 305 g/mol. The predicted octanol–water partition coefficient (Wildman–Crippen LogP) is 5.19. The van der Waals surface area contributed by atoms with Crippen LogP contribution >= 0.6 is 11.6 Å². The first kappa shape index (κ1) is 14.2. The van der Waals surface area contributed by atoms with E-state index >= 15 is 0 Å². The van der Waals surface area contributed by atoms with Crippen LogP contribution in [0.1, 0.15) is 30.5 Å². The Kier molecular flexibility index (Phi) is 3.77. The molecule has 2 aromatic carbocycles. The van der Waals surface area contributed by atoms with Crippen LogP contribution in [0.15, 0.2) is 47.5 Å². The summed E-state index contributed by atoms with van der Waals surface area (Å²) < 4.78 is 27.7. The highest BCUT2D eigenvalue weighted by Gasteiger charge is 2.30. The minimum absolute atomic E-state index is 0.000753. The Morgan fingerprint density at radius 2 is 1.67 bits per heavy atom. The van der Waals surface area contributed by atoms with E-state index in [1.54, 1.807) is 12.1 Å². The summed E-state index contributed by atoms with van der Waals surface area (Å²) in [5.74, 6) is -0.921. The standard InChI is InChI=1S/C17H14ClF2N/c1-10-9-15(16-13(19)3-2-4-14(16)20)21-17(10)11-5-7-12(18)8-6-11/h2-8,10,17H,9H2,1H3. The molecule has 21 heavy (non-hydrogen) atoms. The molecule has 0 bridgehead atoms. The lowest BCUT2D eigenvalue weighted by molar-refractivity contribution is 0.525. The van der Waals surface area contributed by atoms with Crippen molar-refractivity contribution >= 4 is 17.3 Å². The molecule has 1 aliphatic heterocycles. The van der Waals surface area contributed by atoms with E-state index < -0.39 is 11.6 Å². The van der Waals surface area contributed by atoms with Crippen molar-refractivity contribution < 1.29 is 8.78 Å². The average Bonchev–Trinajstić information content (AvgIpc) is 2.81. The molecule has 1 nitrogen and oxygen atoms in total. The van der Waals surface area contributed by atoms with Crippen LogP contribution in [0.2, 0.25) is 5.02 Å². The molecule has 1 aliphatic rings. The number of benzene rings is 2. The van der Waals surface area contributed by atoms with Gasteiger partial charge in [-0.2, -0.15) is 0 Å². The first-order valence-electron chi connectivity index (χ1n) is 6.83. The van der Waals surface area contributed by atoms with E-state index in [0.717, 1.165) is 5.56 Å². The van der Waals surface area contributed by atoms with Crippen LogP contribution in [0, 0.1) is 17.6 Å². The Hall–Kier alpha value is -1.74. The Bertz CT molecular complexity index is 674. The number of halogens is 3. The summed E-state index contributed by atoms with van der Waals surface area (Å²) in [6, 6.07) is 11.2. The van der Waals surface area contributed by atoms with Crippen LogP contribution in [-0.2, 0) is 0 Å². The summed E-state index contributed by atoms with van der Waals surface area (Å²) in [4.78, 5) is 4.55. The molecule has 0 saturated carbocycles. The largest absolute Gasteiger partial charge is 0.281 e. The summed E-state index contributed by atoms with van der Waals surface area (Å²) in [5.41, 5.74) is 1.51. The zero-order chi connectivity index (χ0) is 15.0. The van der Waals surface area contributed by atoms with Crippen LogP contribution < -0.4 is 0 Å². The van der Waals surface area contributed by atoms with Crippen molar-refractivity contribution in [1.82, 2.24) is 0 Å². The molecule has 2 aromatic rings. The predicted molar refractivity (Wildman–Crippen MR) is 80.9 cm³/mol. The van der Waals surface area contributed by atoms with Crippen molar-refractivity contribution in [3.05, 3.63) is 70.2 Å². The van der Waals surface area contributed by atoms with Gasteiger partial charge in [-0.3, -0.25) is 4.99 Å². The molecule has 0 aromatic heterocycles. The number of hydrogen-bond acceptors (Lipinski definition) is 1. The summed E-state index contributed by atoms with van der Waals surface area (Å²) in [6.45, 7) is 2.04. The maximum absolute atomic E-state index is 13.9. The fourth-order valence-electron chi connectivity index (χ4n) is 2.77. The quantitative estimate of drug-likeness (QED) is 0.724. The van der Waals surface area contributed by atoms with Crippen LogP contribution in [-0.4, -0.2) is 5.71 Å². The fraction of sp³-hybridized carbons (Fsp3) is 0.235. The normalized spacial score (nSPS) is 21.4. The van der Waals surface area contributed by atoms with Gasteiger partial charge in [0.25, 0.3) is 0 Å². The second-order valence-electron chi connectivity index (χ2n) is 5.35. The van der Waals surface area contributed by atoms with Gasteiger partial charge in [0, 0.05) is 10.7 Å². The highest BCUT2D eigenvalue weighted by molar-refractivity contribution is 6.30. The van der Waals surface area contributed by atoms with Crippen LogP contribution in [0.5, 0.6) is 0 Å². The Morgan fingerprint density at radius 3 is 2.29 bits per heavy atom. The number of hydrogen-bond donors (Lipinski definition) is 0. The van der Waals surface area contributed by atoms with E-state index in [2.05, 4.69) is 4.99 Å². The van der Waals surface area contributed by atoms with Crippen molar-refractivity contribution in [3.63, 3.8) is 0 Å². The van der Waals surface area contributed by atoms with E-state index in [1.165, 1.54) is 18.2 Å². The topological polar surface area (TPSA) is 12.4 Å². The second kappa shape index (κ2) is 5.57. The molecule has 2 atom stereocenters. The van der Waals surface area contributed by atoms with E-state index in [0.29, 0.717) is 17.2 Å². The highest BCUT2D eigenvalue weighted by Crippen LogP contribution is 2.37. The SMILES string of the molecule is CC1CC(c2c(F)cccc2F)=NC1c1ccc(Cl)cc1. The summed E-state index contributed by atoms with van der Waals surface area (Å²) in [5, 5.41) is 0.661. The molecule has 0 N–H and O–H groups in total. The van der Waals surface area contributed by atoms with Gasteiger partial charge in [-0.25, -0.2) is 8.78 Å². The maximum atomic E-state index is 13.9. The Morgan fingerprint density at radius 1 is 1.05 bits per heavy atom. The van der Waals surface area contributed by atoms with Gasteiger partial charge in [0.2, 0.25) is 0 Å². The first-order valence-corrected chi connectivity index (χ1v) is 7.20. The van der Waals surface area contributed by atoms with Gasteiger partial charge in [-0.15, -0.1) is 0 Å². The van der Waals surface area contributed by atoms with Gasteiger partial charge < -0.3 is 0 Å². The zero-order valence-corrected chi connectivity index (χ0v) is 12.2. The minimum atomic E-state index is -0.558. The lowest BCUT2D eigenvalue weighted by Crippen LogP contribution is -2.06. The lowest BCUT2D eigenvalue weighted by atomic mass is 9.93. The van der Waals surface area contributed by atoms with Crippen LogP contribution in [0.3, 0.4) is 0 Å². The second-order valence-corrected chi connectivity index (χ2v) is 5.79. The van der Waals surface area contributed by atoms with E-state index in [9.17, 15) is 8.78 Å². The summed E-state index contributed by atoms with van der Waals surface area (Å²) in [7, 11) is 0. The molecule has 108 valence electrons. The van der Waals surface area contributed by atoms with Gasteiger partial charge >= 0.3 is 0 Å². The number of aliphatic imine (C=N–C) groups is 1. The van der Waals surface area contributed by atoms with E-state index in [4.69, 9.17) is 11.6 Å². The number of rotatable bonds is 2. The van der Waals surface area contributed by atoms with E-state index in [1.807, 2.05) is 19.1 Å². The minimum Gasteiger partial charge on any atom is -0.281 e. The van der Waals surface area contributed by atoms with Gasteiger partial charge in [-0.1, -0.05) is 36.7 Å². The smallest absolute Gasteiger partial charge is 0.135 e. The van der Waals surface area contributed by atoms with Crippen LogP contribution in [0.25, 0.3) is 0 Å². The first-order chi connectivity index (χ1) is 10.1. The number of nitrogens with zero attached hydrogens (tertiary/aromatic N) is 1. The van der Waals surface area contributed by atoms with E-state index in [-0.39, 0.29) is 17.5 Å². The third-order valence-corrected chi connectivity index (χ3v) is 4.06. The molecule has 0 radical (unpaired) electrons. The maximum Gasteiger partial charge on any atom is 0.135 e. The molecule has 0 amide bonds. The third-order valence-electron chi connectivity index (χ3n) is 3.81. The zero-order valence-electron chi connectivity index (χ0n) is 11.5. The van der Waals surface area contributed by atoms with Crippen molar-refractivity contribution in [1.29, 1.82) is 0 Å². The van der Waals surface area contributed by atoms with Gasteiger partial charge in [0.1, 0.15) is 11.6 Å². The summed E-state index contributed by atoms with van der Waals surface area (Å²) >= 11 is 5.89. The van der Waals surface area contributed by atoms with Crippen LogP contribution in [0.4, 0.5) is 8.78 Å². The molecule has 4 heteroatoms. The molecular weight excluding hydrogens is 292 g/mol. The lowest BCUT2D eigenvalue weighted by Gasteiger charge is -2.13. The molecule has 1 heterocycles. The Balaban J connectivity index is 1.99. The molecule has 0 saturated heterocycles.